The topological polar surface area (TPSA) is 74.9 Å². The number of imide groups is 1. The third kappa shape index (κ3) is 2.63. The molecular weight excluding hydrogens is 346 g/mol. The molecule has 2 unspecified atom stereocenters. The number of carbonyl (C=O) groups excluding carboxylic acids is 2. The lowest BCUT2D eigenvalue weighted by Crippen LogP contribution is -2.20. The van der Waals surface area contributed by atoms with Gasteiger partial charge in [-0.25, -0.2) is 0 Å². The molecule has 128 valence electrons. The number of fused-ring (bicyclic) bond motifs is 1. The highest BCUT2D eigenvalue weighted by Gasteiger charge is 2.36. The molecule has 2 amide bonds. The quantitative estimate of drug-likeness (QED) is 0.725. The van der Waals surface area contributed by atoms with Crippen molar-refractivity contribution in [3.63, 3.8) is 0 Å². The van der Waals surface area contributed by atoms with Crippen molar-refractivity contribution in [1.29, 1.82) is 5.26 Å². The molecule has 4 rings (SSSR count). The van der Waals surface area contributed by atoms with E-state index in [2.05, 4.69) is 21.8 Å². The maximum Gasteiger partial charge on any atom is 0.280 e. The Morgan fingerprint density at radius 3 is 2.58 bits per heavy atom. The molecule has 0 aliphatic carbocycles. The van der Waals surface area contributed by atoms with E-state index >= 15 is 0 Å². The summed E-state index contributed by atoms with van der Waals surface area (Å²) in [6.07, 6.45) is 1.97. The van der Waals surface area contributed by atoms with Crippen LogP contribution >= 0.6 is 10.5 Å². The molecule has 26 heavy (non-hydrogen) atoms. The summed E-state index contributed by atoms with van der Waals surface area (Å²) in [4.78, 5) is 24.0. The maximum absolute atomic E-state index is 12.2. The average molecular weight is 361 g/mol. The summed E-state index contributed by atoms with van der Waals surface area (Å²) in [7, 11) is -0.914. The Balaban J connectivity index is 1.73. The fraction of sp³-hybridized carbons (Fsp3) is 0.100. The molecule has 5 nitrogen and oxygen atoms in total. The van der Waals surface area contributed by atoms with Gasteiger partial charge in [0, 0.05) is 23.6 Å². The van der Waals surface area contributed by atoms with Crippen LogP contribution in [0.4, 0.5) is 4.79 Å². The number of hydrogen-bond acceptors (Lipinski definition) is 3. The first-order valence-corrected chi connectivity index (χ1v) is 9.48. The minimum absolute atomic E-state index is 0.277. The molecular formula is C20H15N3O2S. The van der Waals surface area contributed by atoms with Gasteiger partial charge in [-0.1, -0.05) is 40.6 Å². The van der Waals surface area contributed by atoms with Crippen molar-refractivity contribution in [2.75, 3.05) is 0 Å². The molecule has 2 aromatic carbocycles. The van der Waals surface area contributed by atoms with Crippen LogP contribution in [0.15, 0.2) is 54.7 Å². The van der Waals surface area contributed by atoms with Crippen LogP contribution < -0.4 is 5.32 Å². The van der Waals surface area contributed by atoms with Crippen LogP contribution in [0.2, 0.25) is 0 Å². The standard InChI is InChI=1S/C20H15N3O2S/c1-26-18(19(24)22-20(26)25)16-3-2-4-17-15(16)9-10-23(17)12-14-7-5-13(11-21)6-8-14/h2-10,18H,1,12H2,(H,22,24,25). The second-order valence-electron chi connectivity index (χ2n) is 6.12. The van der Waals surface area contributed by atoms with Gasteiger partial charge in [0.2, 0.25) is 5.91 Å². The second kappa shape index (κ2) is 6.28. The zero-order chi connectivity index (χ0) is 18.3. The fourth-order valence-electron chi connectivity index (χ4n) is 3.26. The number of amides is 2. The highest BCUT2D eigenvalue weighted by atomic mass is 32.2. The van der Waals surface area contributed by atoms with E-state index < -0.39 is 15.7 Å². The summed E-state index contributed by atoms with van der Waals surface area (Å²) < 4.78 is 2.09. The highest BCUT2D eigenvalue weighted by molar-refractivity contribution is 8.28. The van der Waals surface area contributed by atoms with Crippen molar-refractivity contribution in [2.45, 2.75) is 11.8 Å². The summed E-state index contributed by atoms with van der Waals surface area (Å²) in [5.74, 6) is 3.61. The van der Waals surface area contributed by atoms with E-state index in [9.17, 15) is 9.59 Å². The van der Waals surface area contributed by atoms with Gasteiger partial charge in [-0.15, -0.1) is 0 Å². The van der Waals surface area contributed by atoms with Crippen LogP contribution in [0, 0.1) is 11.3 Å². The molecule has 1 aliphatic heterocycles. The summed E-state index contributed by atoms with van der Waals surface area (Å²) in [6, 6.07) is 17.4. The summed E-state index contributed by atoms with van der Waals surface area (Å²) >= 11 is 0. The van der Waals surface area contributed by atoms with Gasteiger partial charge in [-0.3, -0.25) is 14.9 Å². The predicted molar refractivity (Wildman–Crippen MR) is 103 cm³/mol. The van der Waals surface area contributed by atoms with Gasteiger partial charge in [-0.2, -0.15) is 5.26 Å². The third-order valence-corrected chi connectivity index (χ3v) is 6.17. The molecule has 1 aromatic heterocycles. The molecule has 0 saturated carbocycles. The molecule has 2 atom stereocenters. The molecule has 0 radical (unpaired) electrons. The van der Waals surface area contributed by atoms with Crippen LogP contribution in [0.5, 0.6) is 0 Å². The van der Waals surface area contributed by atoms with Crippen LogP contribution in [-0.2, 0) is 11.3 Å². The maximum atomic E-state index is 12.2. The molecule has 3 aromatic rings. The van der Waals surface area contributed by atoms with Crippen LogP contribution in [-0.4, -0.2) is 21.6 Å². The number of hydrogen-bond donors (Lipinski definition) is 1. The Bertz CT molecular complexity index is 1110. The van der Waals surface area contributed by atoms with Crippen molar-refractivity contribution >= 4 is 38.4 Å². The summed E-state index contributed by atoms with van der Waals surface area (Å²) in [6.45, 7) is 0.657. The smallest absolute Gasteiger partial charge is 0.280 e. The summed E-state index contributed by atoms with van der Waals surface area (Å²) in [5, 5.41) is 11.4. The molecule has 1 saturated heterocycles. The first-order valence-electron chi connectivity index (χ1n) is 8.03. The second-order valence-corrected chi connectivity index (χ2v) is 7.82. The van der Waals surface area contributed by atoms with E-state index in [1.54, 1.807) is 12.1 Å². The largest absolute Gasteiger partial charge is 0.343 e. The van der Waals surface area contributed by atoms with Crippen LogP contribution in [0.25, 0.3) is 10.9 Å². The molecule has 0 bridgehead atoms. The van der Waals surface area contributed by atoms with Gasteiger partial charge in [0.1, 0.15) is 5.25 Å². The van der Waals surface area contributed by atoms with Gasteiger partial charge in [-0.05, 0) is 35.4 Å². The third-order valence-electron chi connectivity index (χ3n) is 4.55. The van der Waals surface area contributed by atoms with Gasteiger partial charge in [0.25, 0.3) is 5.24 Å². The van der Waals surface area contributed by atoms with Gasteiger partial charge < -0.3 is 4.57 Å². The van der Waals surface area contributed by atoms with Crippen LogP contribution in [0.1, 0.15) is 21.9 Å². The summed E-state index contributed by atoms with van der Waals surface area (Å²) in [5.41, 5.74) is 3.55. The molecule has 0 spiro atoms. The molecule has 1 fully saturated rings. The van der Waals surface area contributed by atoms with E-state index in [-0.39, 0.29) is 11.1 Å². The Morgan fingerprint density at radius 2 is 1.92 bits per heavy atom. The van der Waals surface area contributed by atoms with E-state index in [1.165, 1.54) is 0 Å². The normalized spacial score (nSPS) is 19.5. The minimum Gasteiger partial charge on any atom is -0.343 e. The number of nitriles is 1. The Labute approximate surface area is 152 Å². The zero-order valence-corrected chi connectivity index (χ0v) is 14.6. The SMILES string of the molecule is C=S1C(=O)NC(=O)C1c1cccc2c1ccn2Cc1ccc(C#N)cc1. The lowest BCUT2D eigenvalue weighted by Gasteiger charge is -2.11. The lowest BCUT2D eigenvalue weighted by molar-refractivity contribution is -0.119. The molecule has 2 heterocycles. The van der Waals surface area contributed by atoms with E-state index in [1.807, 2.05) is 42.6 Å². The monoisotopic (exact) mass is 361 g/mol. The number of benzene rings is 2. The first-order chi connectivity index (χ1) is 12.6. The zero-order valence-electron chi connectivity index (χ0n) is 13.8. The van der Waals surface area contributed by atoms with Crippen molar-refractivity contribution in [3.8, 4) is 6.07 Å². The van der Waals surface area contributed by atoms with E-state index in [0.29, 0.717) is 12.1 Å². The number of rotatable bonds is 3. The van der Waals surface area contributed by atoms with Crippen molar-refractivity contribution < 1.29 is 9.59 Å². The molecule has 1 aliphatic rings. The Kier molecular flexibility index (Phi) is 3.94. The molecule has 1 N–H and O–H groups in total. The highest BCUT2D eigenvalue weighted by Crippen LogP contribution is 2.42. The number of nitrogens with one attached hydrogen (secondary N) is 1. The number of carbonyl (C=O) groups is 2. The lowest BCUT2D eigenvalue weighted by atomic mass is 10.1. The number of nitrogens with zero attached hydrogens (tertiary/aromatic N) is 2. The van der Waals surface area contributed by atoms with Gasteiger partial charge in [0.15, 0.2) is 0 Å². The Hall–Kier alpha value is -3.17. The van der Waals surface area contributed by atoms with Crippen molar-refractivity contribution in [3.05, 3.63) is 71.4 Å². The number of aromatic nitrogens is 1. The Morgan fingerprint density at radius 1 is 1.15 bits per heavy atom. The minimum atomic E-state index is -0.914. The predicted octanol–water partition coefficient (Wildman–Crippen LogP) is 3.55. The fourth-order valence-corrected chi connectivity index (χ4v) is 4.53. The van der Waals surface area contributed by atoms with E-state index in [4.69, 9.17) is 5.26 Å². The van der Waals surface area contributed by atoms with Crippen molar-refractivity contribution in [2.24, 2.45) is 0 Å². The first kappa shape index (κ1) is 16.3. The van der Waals surface area contributed by atoms with Crippen molar-refractivity contribution in [1.82, 2.24) is 9.88 Å². The van der Waals surface area contributed by atoms with Gasteiger partial charge in [0.05, 0.1) is 11.6 Å². The van der Waals surface area contributed by atoms with Gasteiger partial charge >= 0.3 is 0 Å². The molecule has 6 heteroatoms. The van der Waals surface area contributed by atoms with E-state index in [0.717, 1.165) is 22.0 Å². The van der Waals surface area contributed by atoms with Crippen LogP contribution in [0.3, 0.4) is 0 Å². The average Bonchev–Trinajstić information content (AvgIpc) is 3.16.